The first-order chi connectivity index (χ1) is 14.0. The first-order valence-corrected chi connectivity index (χ1v) is 10.8. The van der Waals surface area contributed by atoms with E-state index in [1.165, 1.54) is 28.8 Å². The normalized spacial score (nSPS) is 19.2. The van der Waals surface area contributed by atoms with Crippen molar-refractivity contribution >= 4 is 0 Å². The second-order valence-electron chi connectivity index (χ2n) is 8.26. The topological polar surface area (TPSA) is 18.5 Å². The zero-order chi connectivity index (χ0) is 20.8. The van der Waals surface area contributed by atoms with Crippen LogP contribution in [0.15, 0.2) is 30.3 Å². The Morgan fingerprint density at radius 2 is 1.52 bits per heavy atom. The van der Waals surface area contributed by atoms with Gasteiger partial charge < -0.3 is 9.47 Å². The van der Waals surface area contributed by atoms with Crippen LogP contribution in [0.1, 0.15) is 68.1 Å². The highest BCUT2D eigenvalue weighted by atomic mass is 19.2. The van der Waals surface area contributed by atoms with Gasteiger partial charge in [0.2, 0.25) is 11.6 Å². The maximum absolute atomic E-state index is 14.3. The first kappa shape index (κ1) is 21.6. The largest absolute Gasteiger partial charge is 0.490 e. The summed E-state index contributed by atoms with van der Waals surface area (Å²) in [7, 11) is 0. The standard InChI is InChI=1S/C25H32F2O2/c1-4-5-14-28-22-12-13-23(25(27)24(22)26)29-16-19-7-10-20(11-8-19)21-9-6-17(2)18(3)15-21/h6,9,12-13,15,19-20H,4-5,7-8,10-11,14,16H2,1-3H3. The molecule has 4 heteroatoms. The van der Waals surface area contributed by atoms with E-state index in [1.807, 2.05) is 6.92 Å². The van der Waals surface area contributed by atoms with Gasteiger partial charge in [-0.1, -0.05) is 31.5 Å². The molecule has 1 aliphatic carbocycles. The van der Waals surface area contributed by atoms with Gasteiger partial charge in [0, 0.05) is 0 Å². The van der Waals surface area contributed by atoms with Crippen molar-refractivity contribution in [3.63, 3.8) is 0 Å². The van der Waals surface area contributed by atoms with Crippen molar-refractivity contribution in [2.24, 2.45) is 5.92 Å². The second kappa shape index (κ2) is 10.1. The minimum Gasteiger partial charge on any atom is -0.490 e. The van der Waals surface area contributed by atoms with Crippen molar-refractivity contribution in [1.29, 1.82) is 0 Å². The van der Waals surface area contributed by atoms with E-state index in [-0.39, 0.29) is 11.5 Å². The summed E-state index contributed by atoms with van der Waals surface area (Å²) in [6.07, 6.45) is 6.05. The van der Waals surface area contributed by atoms with E-state index in [9.17, 15) is 8.78 Å². The Hall–Kier alpha value is -2.10. The molecule has 2 nitrogen and oxygen atoms in total. The number of aryl methyl sites for hydroxylation is 2. The van der Waals surface area contributed by atoms with Gasteiger partial charge >= 0.3 is 0 Å². The molecule has 0 aromatic heterocycles. The minimum absolute atomic E-state index is 0.0263. The van der Waals surface area contributed by atoms with Crippen LogP contribution in [-0.2, 0) is 0 Å². The Kier molecular flexibility index (Phi) is 7.51. The Balaban J connectivity index is 1.51. The zero-order valence-electron chi connectivity index (χ0n) is 17.8. The third kappa shape index (κ3) is 5.49. The molecule has 0 amide bonds. The molecule has 2 aromatic carbocycles. The fourth-order valence-corrected chi connectivity index (χ4v) is 3.95. The van der Waals surface area contributed by atoms with Crippen LogP contribution in [-0.4, -0.2) is 13.2 Å². The van der Waals surface area contributed by atoms with Crippen LogP contribution >= 0.6 is 0 Å². The average molecular weight is 403 g/mol. The molecule has 1 fully saturated rings. The van der Waals surface area contributed by atoms with Gasteiger partial charge in [-0.3, -0.25) is 0 Å². The van der Waals surface area contributed by atoms with E-state index in [4.69, 9.17) is 9.47 Å². The predicted octanol–water partition coefficient (Wildman–Crippen LogP) is 7.11. The predicted molar refractivity (Wildman–Crippen MR) is 113 cm³/mol. The lowest BCUT2D eigenvalue weighted by atomic mass is 9.78. The molecule has 0 unspecified atom stereocenters. The van der Waals surface area contributed by atoms with E-state index in [0.29, 0.717) is 25.0 Å². The van der Waals surface area contributed by atoms with E-state index in [1.54, 1.807) is 0 Å². The van der Waals surface area contributed by atoms with Crippen LogP contribution < -0.4 is 9.47 Å². The SMILES string of the molecule is CCCCOc1ccc(OCC2CCC(c3ccc(C)c(C)c3)CC2)c(F)c1F. The highest BCUT2D eigenvalue weighted by Gasteiger charge is 2.24. The molecule has 3 rings (SSSR count). The number of halogens is 2. The van der Waals surface area contributed by atoms with Crippen molar-refractivity contribution < 1.29 is 18.3 Å². The third-order valence-electron chi connectivity index (χ3n) is 6.09. The van der Waals surface area contributed by atoms with Crippen LogP contribution in [0.4, 0.5) is 8.78 Å². The van der Waals surface area contributed by atoms with Crippen molar-refractivity contribution in [1.82, 2.24) is 0 Å². The molecule has 1 aliphatic rings. The van der Waals surface area contributed by atoms with Gasteiger partial charge in [0.25, 0.3) is 0 Å². The molecule has 2 aromatic rings. The highest BCUT2D eigenvalue weighted by Crippen LogP contribution is 2.37. The fraction of sp³-hybridized carbons (Fsp3) is 0.520. The third-order valence-corrected chi connectivity index (χ3v) is 6.09. The van der Waals surface area contributed by atoms with Crippen molar-refractivity contribution in [3.8, 4) is 11.5 Å². The molecule has 0 heterocycles. The summed E-state index contributed by atoms with van der Waals surface area (Å²) >= 11 is 0. The number of unbranched alkanes of at least 4 members (excludes halogenated alkanes) is 1. The number of hydrogen-bond acceptors (Lipinski definition) is 2. The van der Waals surface area contributed by atoms with Crippen LogP contribution in [0.5, 0.6) is 11.5 Å². The molecule has 0 aliphatic heterocycles. The van der Waals surface area contributed by atoms with E-state index < -0.39 is 11.6 Å². The Morgan fingerprint density at radius 3 is 2.14 bits per heavy atom. The summed E-state index contributed by atoms with van der Waals surface area (Å²) < 4.78 is 39.4. The van der Waals surface area contributed by atoms with E-state index >= 15 is 0 Å². The van der Waals surface area contributed by atoms with Crippen molar-refractivity contribution in [2.45, 2.75) is 65.2 Å². The first-order valence-electron chi connectivity index (χ1n) is 10.8. The monoisotopic (exact) mass is 402 g/mol. The summed E-state index contributed by atoms with van der Waals surface area (Å²) in [6.45, 7) is 7.13. The van der Waals surface area contributed by atoms with Crippen LogP contribution in [0.3, 0.4) is 0 Å². The molecule has 1 saturated carbocycles. The highest BCUT2D eigenvalue weighted by molar-refractivity contribution is 5.35. The summed E-state index contributed by atoms with van der Waals surface area (Å²) in [6, 6.07) is 9.68. The fourth-order valence-electron chi connectivity index (χ4n) is 3.95. The Morgan fingerprint density at radius 1 is 0.862 bits per heavy atom. The minimum atomic E-state index is -0.961. The smallest absolute Gasteiger partial charge is 0.204 e. The van der Waals surface area contributed by atoms with Crippen molar-refractivity contribution in [3.05, 3.63) is 58.7 Å². The summed E-state index contributed by atoms with van der Waals surface area (Å²) in [5.41, 5.74) is 4.08. The van der Waals surface area contributed by atoms with Gasteiger partial charge in [-0.25, -0.2) is 0 Å². The molecular weight excluding hydrogens is 370 g/mol. The van der Waals surface area contributed by atoms with Gasteiger partial charge in [-0.05, 0) is 86.6 Å². The van der Waals surface area contributed by atoms with Crippen LogP contribution in [0, 0.1) is 31.4 Å². The lowest BCUT2D eigenvalue weighted by molar-refractivity contribution is 0.191. The Labute approximate surface area is 173 Å². The molecule has 0 radical (unpaired) electrons. The molecule has 0 atom stereocenters. The van der Waals surface area contributed by atoms with E-state index in [0.717, 1.165) is 38.5 Å². The van der Waals surface area contributed by atoms with Crippen LogP contribution in [0.2, 0.25) is 0 Å². The van der Waals surface area contributed by atoms with Gasteiger partial charge in [0.15, 0.2) is 11.5 Å². The molecule has 0 N–H and O–H groups in total. The molecule has 0 saturated heterocycles. The number of rotatable bonds is 8. The molecular formula is C25H32F2O2. The number of benzene rings is 2. The molecule has 0 bridgehead atoms. The lowest BCUT2D eigenvalue weighted by Crippen LogP contribution is -2.19. The Bertz CT molecular complexity index is 811. The second-order valence-corrected chi connectivity index (χ2v) is 8.26. The van der Waals surface area contributed by atoms with Gasteiger partial charge in [-0.2, -0.15) is 8.78 Å². The summed E-state index contributed by atoms with van der Waals surface area (Å²) in [4.78, 5) is 0. The lowest BCUT2D eigenvalue weighted by Gasteiger charge is -2.29. The van der Waals surface area contributed by atoms with Gasteiger partial charge in [0.05, 0.1) is 13.2 Å². The average Bonchev–Trinajstić information content (AvgIpc) is 2.73. The van der Waals surface area contributed by atoms with Crippen LogP contribution in [0.25, 0.3) is 0 Å². The van der Waals surface area contributed by atoms with Crippen molar-refractivity contribution in [2.75, 3.05) is 13.2 Å². The maximum Gasteiger partial charge on any atom is 0.204 e. The van der Waals surface area contributed by atoms with Gasteiger partial charge in [-0.15, -0.1) is 0 Å². The molecule has 0 spiro atoms. The molecule has 29 heavy (non-hydrogen) atoms. The maximum atomic E-state index is 14.3. The molecule has 158 valence electrons. The number of ether oxygens (including phenoxy) is 2. The summed E-state index contributed by atoms with van der Waals surface area (Å²) in [5.74, 6) is -1.03. The zero-order valence-corrected chi connectivity index (χ0v) is 17.8. The van der Waals surface area contributed by atoms with Gasteiger partial charge in [0.1, 0.15) is 0 Å². The summed E-state index contributed by atoms with van der Waals surface area (Å²) in [5, 5.41) is 0. The quantitative estimate of drug-likeness (QED) is 0.438. The van der Waals surface area contributed by atoms with E-state index in [2.05, 4.69) is 32.0 Å². The number of hydrogen-bond donors (Lipinski definition) is 0.